The lowest BCUT2D eigenvalue weighted by Crippen LogP contribution is -2.36. The lowest BCUT2D eigenvalue weighted by atomic mass is 10.1. The Labute approximate surface area is 121 Å². The van der Waals surface area contributed by atoms with Crippen LogP contribution in [0.1, 0.15) is 36.0 Å². The highest BCUT2D eigenvalue weighted by Gasteiger charge is 2.29. The summed E-state index contributed by atoms with van der Waals surface area (Å²) >= 11 is 0. The lowest BCUT2D eigenvalue weighted by Gasteiger charge is -2.25. The molecule has 1 amide bonds. The monoisotopic (exact) mass is 318 g/mol. The number of benzene rings is 1. The topological polar surface area (TPSA) is 80.5 Å². The number of primary sulfonamides is 1. The van der Waals surface area contributed by atoms with E-state index in [9.17, 15) is 22.0 Å². The Balaban J connectivity index is 2.46. The molecule has 0 unspecified atom stereocenters. The van der Waals surface area contributed by atoms with Gasteiger partial charge >= 0.3 is 0 Å². The molecule has 5 nitrogen and oxygen atoms in total. The van der Waals surface area contributed by atoms with Crippen LogP contribution in [0, 0.1) is 11.6 Å². The van der Waals surface area contributed by atoms with Crippen LogP contribution in [0.4, 0.5) is 8.78 Å². The van der Waals surface area contributed by atoms with Gasteiger partial charge in [-0.25, -0.2) is 22.3 Å². The minimum Gasteiger partial charge on any atom is -0.339 e. The van der Waals surface area contributed by atoms with Gasteiger partial charge in [-0.1, -0.05) is 12.8 Å². The van der Waals surface area contributed by atoms with Gasteiger partial charge in [0.2, 0.25) is 10.0 Å². The van der Waals surface area contributed by atoms with Crippen LogP contribution >= 0.6 is 0 Å². The Bertz CT molecular complexity index is 670. The largest absolute Gasteiger partial charge is 0.339 e. The van der Waals surface area contributed by atoms with Crippen molar-refractivity contribution in [2.45, 2.75) is 36.6 Å². The molecule has 1 aliphatic carbocycles. The molecule has 2 rings (SSSR count). The fourth-order valence-electron chi connectivity index (χ4n) is 2.58. The maximum atomic E-state index is 13.4. The summed E-state index contributed by atoms with van der Waals surface area (Å²) in [7, 11) is -2.81. The van der Waals surface area contributed by atoms with E-state index in [1.807, 2.05) is 0 Å². The van der Waals surface area contributed by atoms with E-state index in [1.54, 1.807) is 0 Å². The zero-order valence-electron chi connectivity index (χ0n) is 11.5. The van der Waals surface area contributed by atoms with Crippen molar-refractivity contribution in [1.82, 2.24) is 4.90 Å². The molecule has 0 heterocycles. The molecule has 8 heteroatoms. The third-order valence-corrected chi connectivity index (χ3v) is 4.70. The van der Waals surface area contributed by atoms with E-state index < -0.39 is 38.0 Å². The van der Waals surface area contributed by atoms with E-state index in [0.717, 1.165) is 25.7 Å². The smallest absolute Gasteiger partial charge is 0.255 e. The molecule has 21 heavy (non-hydrogen) atoms. The molecule has 0 bridgehead atoms. The Hall–Kier alpha value is -1.54. The summed E-state index contributed by atoms with van der Waals surface area (Å²) in [4.78, 5) is 13.1. The second-order valence-corrected chi connectivity index (χ2v) is 6.69. The van der Waals surface area contributed by atoms with Gasteiger partial charge < -0.3 is 4.90 Å². The number of nitrogens with two attached hydrogens (primary N) is 1. The number of amides is 1. The molecule has 0 radical (unpaired) electrons. The average Bonchev–Trinajstić information content (AvgIpc) is 2.92. The van der Waals surface area contributed by atoms with Crippen LogP contribution < -0.4 is 5.14 Å². The summed E-state index contributed by atoms with van der Waals surface area (Å²) in [5.41, 5.74) is -0.439. The van der Waals surface area contributed by atoms with Crippen LogP contribution in [0.5, 0.6) is 0 Å². The van der Waals surface area contributed by atoms with Crippen molar-refractivity contribution in [1.29, 1.82) is 0 Å². The summed E-state index contributed by atoms with van der Waals surface area (Å²) in [5, 5.41) is 4.98. The van der Waals surface area contributed by atoms with Gasteiger partial charge in [0.15, 0.2) is 11.6 Å². The van der Waals surface area contributed by atoms with Crippen LogP contribution in [0.15, 0.2) is 17.0 Å². The molecule has 1 aromatic rings. The molecule has 1 saturated carbocycles. The number of hydrogen-bond donors (Lipinski definition) is 1. The van der Waals surface area contributed by atoms with Crippen molar-refractivity contribution in [3.05, 3.63) is 29.3 Å². The maximum Gasteiger partial charge on any atom is 0.255 e. The number of carbonyl (C=O) groups is 1. The summed E-state index contributed by atoms with van der Waals surface area (Å²) in [5.74, 6) is -3.32. The fraction of sp³-hybridized carbons (Fsp3) is 0.462. The zero-order valence-corrected chi connectivity index (χ0v) is 12.3. The van der Waals surface area contributed by atoms with E-state index in [-0.39, 0.29) is 6.04 Å². The number of hydrogen-bond acceptors (Lipinski definition) is 3. The van der Waals surface area contributed by atoms with Crippen molar-refractivity contribution in [2.24, 2.45) is 5.14 Å². The standard InChI is InChI=1S/C13H16F2N2O3S/c1-17(8-4-2-3-5-8)13(18)9-6-10(14)11(15)7-12(9)21(16,19)20/h6-8H,2-5H2,1H3,(H2,16,19,20). The highest BCUT2D eigenvalue weighted by atomic mass is 32.2. The van der Waals surface area contributed by atoms with Gasteiger partial charge in [0.25, 0.3) is 5.91 Å². The first-order chi connectivity index (χ1) is 9.71. The zero-order chi connectivity index (χ0) is 15.8. The summed E-state index contributed by atoms with van der Waals surface area (Å²) in [6.07, 6.45) is 3.55. The molecule has 0 aromatic heterocycles. The number of rotatable bonds is 3. The molecule has 0 saturated heterocycles. The number of sulfonamides is 1. The predicted molar refractivity (Wildman–Crippen MR) is 72.1 cm³/mol. The second kappa shape index (κ2) is 5.69. The molecule has 0 aliphatic heterocycles. The number of nitrogens with zero attached hydrogens (tertiary/aromatic N) is 1. The third kappa shape index (κ3) is 3.21. The Kier molecular flexibility index (Phi) is 4.29. The van der Waals surface area contributed by atoms with E-state index in [4.69, 9.17) is 5.14 Å². The van der Waals surface area contributed by atoms with E-state index in [2.05, 4.69) is 0 Å². The first-order valence-electron chi connectivity index (χ1n) is 6.51. The molecule has 1 aliphatic rings. The number of halogens is 2. The van der Waals surface area contributed by atoms with E-state index in [0.29, 0.717) is 12.1 Å². The first kappa shape index (κ1) is 15.8. The van der Waals surface area contributed by atoms with Crippen LogP contribution in [0.3, 0.4) is 0 Å². The molecule has 116 valence electrons. The molecule has 0 spiro atoms. The van der Waals surface area contributed by atoms with E-state index in [1.165, 1.54) is 11.9 Å². The van der Waals surface area contributed by atoms with Crippen molar-refractivity contribution in [3.63, 3.8) is 0 Å². The van der Waals surface area contributed by atoms with Crippen LogP contribution in [-0.2, 0) is 10.0 Å². The average molecular weight is 318 g/mol. The van der Waals surface area contributed by atoms with Crippen molar-refractivity contribution < 1.29 is 22.0 Å². The molecule has 1 aromatic carbocycles. The Morgan fingerprint density at radius 3 is 2.29 bits per heavy atom. The minimum absolute atomic E-state index is 0.0288. The van der Waals surface area contributed by atoms with Gasteiger partial charge in [-0.05, 0) is 25.0 Å². The van der Waals surface area contributed by atoms with E-state index >= 15 is 0 Å². The normalized spacial score (nSPS) is 16.2. The summed E-state index contributed by atoms with van der Waals surface area (Å²) < 4.78 is 49.6. The van der Waals surface area contributed by atoms with Gasteiger partial charge in [0.05, 0.1) is 10.5 Å². The Morgan fingerprint density at radius 1 is 1.24 bits per heavy atom. The predicted octanol–water partition coefficient (Wildman–Crippen LogP) is 1.63. The van der Waals surface area contributed by atoms with Gasteiger partial charge in [0, 0.05) is 13.1 Å². The maximum absolute atomic E-state index is 13.4. The summed E-state index contributed by atoms with van der Waals surface area (Å²) in [6, 6.07) is 1.00. The van der Waals surface area contributed by atoms with Crippen molar-refractivity contribution in [3.8, 4) is 0 Å². The summed E-state index contributed by atoms with van der Waals surface area (Å²) in [6.45, 7) is 0. The van der Waals surface area contributed by atoms with Crippen molar-refractivity contribution >= 4 is 15.9 Å². The highest BCUT2D eigenvalue weighted by Crippen LogP contribution is 2.26. The van der Waals surface area contributed by atoms with Gasteiger partial charge in [-0.2, -0.15) is 0 Å². The SMILES string of the molecule is CN(C(=O)c1cc(F)c(F)cc1S(N)(=O)=O)C1CCCC1. The second-order valence-electron chi connectivity index (χ2n) is 5.16. The van der Waals surface area contributed by atoms with Gasteiger partial charge in [-0.15, -0.1) is 0 Å². The highest BCUT2D eigenvalue weighted by molar-refractivity contribution is 7.89. The van der Waals surface area contributed by atoms with Gasteiger partial charge in [0.1, 0.15) is 0 Å². The number of carbonyl (C=O) groups excluding carboxylic acids is 1. The van der Waals surface area contributed by atoms with Crippen LogP contribution in [0.2, 0.25) is 0 Å². The third-order valence-electron chi connectivity index (χ3n) is 3.75. The molecule has 1 fully saturated rings. The quantitative estimate of drug-likeness (QED) is 0.919. The van der Waals surface area contributed by atoms with Crippen molar-refractivity contribution in [2.75, 3.05) is 7.05 Å². The molecular weight excluding hydrogens is 302 g/mol. The fourth-order valence-corrected chi connectivity index (χ4v) is 3.30. The minimum atomic E-state index is -4.33. The first-order valence-corrected chi connectivity index (χ1v) is 8.05. The molecule has 0 atom stereocenters. The van der Waals surface area contributed by atoms with Crippen LogP contribution in [0.25, 0.3) is 0 Å². The Morgan fingerprint density at radius 2 is 1.76 bits per heavy atom. The molecule has 2 N–H and O–H groups in total. The lowest BCUT2D eigenvalue weighted by molar-refractivity contribution is 0.0730. The molecular formula is C13H16F2N2O3S. The van der Waals surface area contributed by atoms with Crippen LogP contribution in [-0.4, -0.2) is 32.3 Å². The van der Waals surface area contributed by atoms with Gasteiger partial charge in [-0.3, -0.25) is 4.79 Å².